The van der Waals surface area contributed by atoms with Crippen LogP contribution < -0.4 is 0 Å². The predicted molar refractivity (Wildman–Crippen MR) is 94.1 cm³/mol. The second kappa shape index (κ2) is 6.94. The number of thiophene rings is 1. The molecular weight excluding hydrogens is 380 g/mol. The second-order valence-electron chi connectivity index (χ2n) is 5.46. The molecule has 11 heteroatoms. The third-order valence-electron chi connectivity index (χ3n) is 3.64. The van der Waals surface area contributed by atoms with Crippen LogP contribution in [0.4, 0.5) is 5.69 Å². The molecule has 0 N–H and O–H groups in total. The molecule has 136 valence electrons. The Balaban J connectivity index is 1.86. The minimum atomic E-state index is -3.96. The van der Waals surface area contributed by atoms with Crippen LogP contribution in [0.2, 0.25) is 0 Å². The Morgan fingerprint density at radius 1 is 1.35 bits per heavy atom. The Labute approximate surface area is 153 Å². The van der Waals surface area contributed by atoms with Gasteiger partial charge in [-0.15, -0.1) is 11.3 Å². The summed E-state index contributed by atoms with van der Waals surface area (Å²) in [5.41, 5.74) is 0.118. The summed E-state index contributed by atoms with van der Waals surface area (Å²) in [6.07, 6.45) is 0. The van der Waals surface area contributed by atoms with Crippen LogP contribution >= 0.6 is 11.3 Å². The predicted octanol–water partition coefficient (Wildman–Crippen LogP) is 2.84. The van der Waals surface area contributed by atoms with Gasteiger partial charge >= 0.3 is 0 Å². The van der Waals surface area contributed by atoms with Gasteiger partial charge in [0.1, 0.15) is 0 Å². The van der Waals surface area contributed by atoms with Gasteiger partial charge in [0.25, 0.3) is 5.69 Å². The van der Waals surface area contributed by atoms with Gasteiger partial charge in [-0.05, 0) is 23.9 Å². The number of hydrogen-bond acceptors (Lipinski definition) is 8. The number of benzene rings is 1. The quantitative estimate of drug-likeness (QED) is 0.466. The highest BCUT2D eigenvalue weighted by Gasteiger charge is 2.27. The van der Waals surface area contributed by atoms with Gasteiger partial charge in [0.05, 0.1) is 21.2 Å². The van der Waals surface area contributed by atoms with Gasteiger partial charge in [0, 0.05) is 19.2 Å². The molecule has 2 heterocycles. The lowest BCUT2D eigenvalue weighted by atomic mass is 10.2. The van der Waals surface area contributed by atoms with Gasteiger partial charge in [-0.25, -0.2) is 8.42 Å². The molecule has 0 fully saturated rings. The lowest BCUT2D eigenvalue weighted by Gasteiger charge is -2.16. The maximum atomic E-state index is 12.8. The fourth-order valence-electron chi connectivity index (χ4n) is 2.25. The van der Waals surface area contributed by atoms with Crippen LogP contribution in [-0.2, 0) is 16.6 Å². The van der Waals surface area contributed by atoms with Crippen LogP contribution in [0.25, 0.3) is 10.7 Å². The Hall–Kier alpha value is -2.63. The zero-order valence-electron chi connectivity index (χ0n) is 13.8. The highest BCUT2D eigenvalue weighted by molar-refractivity contribution is 7.89. The summed E-state index contributed by atoms with van der Waals surface area (Å²) in [5, 5.41) is 16.6. The molecule has 0 bridgehead atoms. The number of non-ortho nitro benzene ring substituents is 1. The van der Waals surface area contributed by atoms with E-state index in [2.05, 4.69) is 10.1 Å². The average Bonchev–Trinajstić information content (AvgIpc) is 3.25. The maximum Gasteiger partial charge on any atom is 0.270 e. The third-order valence-corrected chi connectivity index (χ3v) is 6.45. The summed E-state index contributed by atoms with van der Waals surface area (Å²) in [5.74, 6) is 0.509. The van der Waals surface area contributed by atoms with Gasteiger partial charge in [-0.1, -0.05) is 17.3 Å². The fraction of sp³-hybridized carbons (Fsp3) is 0.200. The maximum absolute atomic E-state index is 12.8. The van der Waals surface area contributed by atoms with Crippen molar-refractivity contribution in [3.8, 4) is 10.7 Å². The standard InChI is InChI=1S/C15H14N4O5S2/c1-10-5-6-11(19(20)21)8-13(10)26(22,23)18(2)9-14-16-15(17-24-14)12-4-3-7-25-12/h3-8H,9H2,1-2H3. The van der Waals surface area contributed by atoms with Gasteiger partial charge in [-0.3, -0.25) is 10.1 Å². The van der Waals surface area contributed by atoms with Crippen molar-refractivity contribution >= 4 is 27.0 Å². The van der Waals surface area contributed by atoms with E-state index < -0.39 is 14.9 Å². The van der Waals surface area contributed by atoms with Crippen molar-refractivity contribution < 1.29 is 17.9 Å². The molecule has 2 aromatic heterocycles. The minimum Gasteiger partial charge on any atom is -0.337 e. The number of sulfonamides is 1. The first kappa shape index (κ1) is 18.2. The van der Waals surface area contributed by atoms with Crippen molar-refractivity contribution in [2.75, 3.05) is 7.05 Å². The van der Waals surface area contributed by atoms with Gasteiger partial charge in [-0.2, -0.15) is 9.29 Å². The van der Waals surface area contributed by atoms with Crippen LogP contribution in [0, 0.1) is 17.0 Å². The molecule has 0 aliphatic carbocycles. The molecule has 1 aromatic carbocycles. The number of nitrogens with zero attached hydrogens (tertiary/aromatic N) is 4. The van der Waals surface area contributed by atoms with Crippen molar-refractivity contribution in [2.45, 2.75) is 18.4 Å². The van der Waals surface area contributed by atoms with Crippen LogP contribution in [0.5, 0.6) is 0 Å². The summed E-state index contributed by atoms with van der Waals surface area (Å²) in [4.78, 5) is 15.2. The van der Waals surface area contributed by atoms with Crippen molar-refractivity contribution in [3.05, 3.63) is 57.3 Å². The smallest absolute Gasteiger partial charge is 0.270 e. The minimum absolute atomic E-state index is 0.127. The van der Waals surface area contributed by atoms with E-state index in [0.29, 0.717) is 11.4 Å². The van der Waals surface area contributed by atoms with E-state index in [1.165, 1.54) is 30.5 Å². The number of aromatic nitrogens is 2. The lowest BCUT2D eigenvalue weighted by Crippen LogP contribution is -2.27. The van der Waals surface area contributed by atoms with E-state index in [1.54, 1.807) is 6.92 Å². The summed E-state index contributed by atoms with van der Waals surface area (Å²) in [6.45, 7) is 1.43. The molecule has 0 aliphatic heterocycles. The largest absolute Gasteiger partial charge is 0.337 e. The lowest BCUT2D eigenvalue weighted by molar-refractivity contribution is -0.385. The number of nitro benzene ring substituents is 1. The molecule has 9 nitrogen and oxygen atoms in total. The fourth-order valence-corrected chi connectivity index (χ4v) is 4.26. The van der Waals surface area contributed by atoms with Crippen molar-refractivity contribution in [1.29, 1.82) is 0 Å². The molecule has 0 saturated carbocycles. The first-order valence-electron chi connectivity index (χ1n) is 7.37. The number of aryl methyl sites for hydroxylation is 1. The molecule has 0 saturated heterocycles. The van der Waals surface area contributed by atoms with E-state index in [0.717, 1.165) is 15.2 Å². The van der Waals surface area contributed by atoms with Crippen LogP contribution in [0.3, 0.4) is 0 Å². The summed E-state index contributed by atoms with van der Waals surface area (Å²) in [7, 11) is -2.61. The molecule has 3 rings (SSSR count). The van der Waals surface area contributed by atoms with Crippen molar-refractivity contribution in [2.24, 2.45) is 0 Å². The van der Waals surface area contributed by atoms with Crippen molar-refractivity contribution in [1.82, 2.24) is 14.4 Å². The molecule has 0 unspecified atom stereocenters. The van der Waals surface area contributed by atoms with Crippen molar-refractivity contribution in [3.63, 3.8) is 0 Å². The van der Waals surface area contributed by atoms with E-state index >= 15 is 0 Å². The highest BCUT2D eigenvalue weighted by atomic mass is 32.2. The Bertz CT molecular complexity index is 1040. The van der Waals surface area contributed by atoms with Crippen LogP contribution in [-0.4, -0.2) is 34.8 Å². The molecule has 0 aliphatic rings. The first-order valence-corrected chi connectivity index (χ1v) is 9.69. The zero-order chi connectivity index (χ0) is 18.9. The van der Waals surface area contributed by atoms with Gasteiger partial charge in [0.2, 0.25) is 21.7 Å². The second-order valence-corrected chi connectivity index (χ2v) is 8.42. The number of rotatable bonds is 6. The molecule has 0 spiro atoms. The Kier molecular flexibility index (Phi) is 4.85. The molecule has 0 radical (unpaired) electrons. The molecule has 0 amide bonds. The number of nitro groups is 1. The average molecular weight is 394 g/mol. The summed E-state index contributed by atoms with van der Waals surface area (Å²) >= 11 is 1.44. The zero-order valence-corrected chi connectivity index (χ0v) is 15.5. The topological polar surface area (TPSA) is 119 Å². The third kappa shape index (κ3) is 3.49. The summed E-state index contributed by atoms with van der Waals surface area (Å²) in [6, 6.07) is 7.39. The molecular formula is C15H14N4O5S2. The van der Waals surface area contributed by atoms with Gasteiger partial charge < -0.3 is 4.52 Å². The SMILES string of the molecule is Cc1ccc([N+](=O)[O-])cc1S(=O)(=O)N(C)Cc1nc(-c2cccs2)no1. The monoisotopic (exact) mass is 394 g/mol. The van der Waals surface area contributed by atoms with Gasteiger partial charge in [0.15, 0.2) is 0 Å². The van der Waals surface area contributed by atoms with E-state index in [1.807, 2.05) is 17.5 Å². The first-order chi connectivity index (χ1) is 12.3. The molecule has 0 atom stereocenters. The normalized spacial score (nSPS) is 11.8. The Morgan fingerprint density at radius 2 is 2.12 bits per heavy atom. The van der Waals surface area contributed by atoms with E-state index in [4.69, 9.17) is 4.52 Å². The van der Waals surface area contributed by atoms with E-state index in [9.17, 15) is 18.5 Å². The molecule has 26 heavy (non-hydrogen) atoms. The Morgan fingerprint density at radius 3 is 2.77 bits per heavy atom. The molecule has 3 aromatic rings. The van der Waals surface area contributed by atoms with Crippen LogP contribution in [0.15, 0.2) is 45.1 Å². The van der Waals surface area contributed by atoms with Crippen LogP contribution in [0.1, 0.15) is 11.5 Å². The highest BCUT2D eigenvalue weighted by Crippen LogP contribution is 2.26. The summed E-state index contributed by atoms with van der Waals surface area (Å²) < 4.78 is 31.7. The number of hydrogen-bond donors (Lipinski definition) is 0. The van der Waals surface area contributed by atoms with E-state index in [-0.39, 0.29) is 23.0 Å².